The molecule has 0 radical (unpaired) electrons. The van der Waals surface area contributed by atoms with Crippen molar-refractivity contribution in [2.45, 2.75) is 38.9 Å². The maximum Gasteiger partial charge on any atom is 0.416 e. The summed E-state index contributed by atoms with van der Waals surface area (Å²) in [6.45, 7) is 4.15. The topological polar surface area (TPSA) is 41.1 Å². The second kappa shape index (κ2) is 7.33. The number of benzene rings is 1. The van der Waals surface area contributed by atoms with Crippen LogP contribution in [0, 0.1) is 12.8 Å². The van der Waals surface area contributed by atoms with Gasteiger partial charge < -0.3 is 10.6 Å². The van der Waals surface area contributed by atoms with Crippen molar-refractivity contribution in [2.24, 2.45) is 5.92 Å². The smallest absolute Gasteiger partial charge is 0.326 e. The lowest BCUT2D eigenvalue weighted by Gasteiger charge is -2.27. The molecule has 0 aliphatic carbocycles. The molecule has 1 aliphatic rings. The molecule has 1 aromatic rings. The van der Waals surface area contributed by atoms with Crippen molar-refractivity contribution in [3.63, 3.8) is 0 Å². The van der Waals surface area contributed by atoms with E-state index < -0.39 is 11.7 Å². The average Bonchev–Trinajstić information content (AvgIpc) is 2.39. The number of anilines is 1. The van der Waals surface area contributed by atoms with E-state index in [1.165, 1.54) is 19.1 Å². The van der Waals surface area contributed by atoms with Gasteiger partial charge in [0.15, 0.2) is 0 Å². The van der Waals surface area contributed by atoms with E-state index in [4.69, 9.17) is 0 Å². The number of nitrogens with one attached hydrogen (secondary N) is 2. The van der Waals surface area contributed by atoms with Crippen LogP contribution in [0.1, 0.15) is 30.9 Å². The zero-order valence-corrected chi connectivity index (χ0v) is 13.3. The Balaban J connectivity index is 0.00000242. The van der Waals surface area contributed by atoms with Gasteiger partial charge in [0.2, 0.25) is 5.91 Å². The van der Waals surface area contributed by atoms with Crippen LogP contribution in [0.4, 0.5) is 18.9 Å². The Morgan fingerprint density at radius 2 is 2.05 bits per heavy atom. The van der Waals surface area contributed by atoms with E-state index in [-0.39, 0.29) is 41.5 Å². The number of hydrogen-bond acceptors (Lipinski definition) is 2. The molecule has 0 unspecified atom stereocenters. The van der Waals surface area contributed by atoms with Gasteiger partial charge in [-0.05, 0) is 50.9 Å². The lowest BCUT2D eigenvalue weighted by Crippen LogP contribution is -2.40. The van der Waals surface area contributed by atoms with E-state index in [1.54, 1.807) is 0 Å². The molecule has 1 aliphatic heterocycles. The van der Waals surface area contributed by atoms with Crippen LogP contribution >= 0.6 is 12.4 Å². The fourth-order valence-corrected chi connectivity index (χ4v) is 2.62. The van der Waals surface area contributed by atoms with Crippen molar-refractivity contribution in [1.82, 2.24) is 5.32 Å². The summed E-state index contributed by atoms with van der Waals surface area (Å²) in [4.78, 5) is 12.1. The van der Waals surface area contributed by atoms with Crippen LogP contribution in [0.25, 0.3) is 0 Å². The molecular weight excluding hydrogens is 317 g/mol. The van der Waals surface area contributed by atoms with Gasteiger partial charge in [-0.15, -0.1) is 12.4 Å². The van der Waals surface area contributed by atoms with Crippen molar-refractivity contribution in [3.8, 4) is 0 Å². The third kappa shape index (κ3) is 4.61. The Hall–Kier alpha value is -1.27. The minimum atomic E-state index is -4.41. The largest absolute Gasteiger partial charge is 0.416 e. The lowest BCUT2D eigenvalue weighted by atomic mass is 9.92. The molecule has 3 nitrogen and oxygen atoms in total. The Morgan fingerprint density at radius 3 is 2.64 bits per heavy atom. The van der Waals surface area contributed by atoms with Crippen molar-refractivity contribution in [3.05, 3.63) is 29.3 Å². The Bertz CT molecular complexity index is 534. The Labute approximate surface area is 134 Å². The summed E-state index contributed by atoms with van der Waals surface area (Å²) in [5, 5.41) is 5.84. The number of halogens is 4. The van der Waals surface area contributed by atoms with Crippen LogP contribution in [-0.4, -0.2) is 18.5 Å². The van der Waals surface area contributed by atoms with Crippen LogP contribution in [0.3, 0.4) is 0 Å². The third-order valence-corrected chi connectivity index (χ3v) is 3.80. The van der Waals surface area contributed by atoms with Crippen molar-refractivity contribution >= 4 is 24.0 Å². The van der Waals surface area contributed by atoms with E-state index in [0.717, 1.165) is 12.6 Å². The minimum absolute atomic E-state index is 0. The normalized spacial score (nSPS) is 21.9. The second-order valence-corrected chi connectivity index (χ2v) is 5.59. The van der Waals surface area contributed by atoms with E-state index in [9.17, 15) is 18.0 Å². The first-order chi connectivity index (χ1) is 9.77. The molecule has 0 spiro atoms. The van der Waals surface area contributed by atoms with Gasteiger partial charge in [0.1, 0.15) is 0 Å². The first-order valence-electron chi connectivity index (χ1n) is 6.99. The molecule has 2 N–H and O–H groups in total. The molecule has 1 saturated heterocycles. The zero-order valence-electron chi connectivity index (χ0n) is 12.5. The summed E-state index contributed by atoms with van der Waals surface area (Å²) in [6.07, 6.45) is -3.01. The molecule has 2 rings (SSSR count). The van der Waals surface area contributed by atoms with E-state index in [2.05, 4.69) is 10.6 Å². The summed E-state index contributed by atoms with van der Waals surface area (Å²) < 4.78 is 38.6. The quantitative estimate of drug-likeness (QED) is 0.863. The van der Waals surface area contributed by atoms with Crippen LogP contribution in [0.2, 0.25) is 0 Å². The Morgan fingerprint density at radius 1 is 1.36 bits per heavy atom. The monoisotopic (exact) mass is 336 g/mol. The standard InChI is InChI=1S/C15H19F3N2O.ClH/c1-9-3-4-12(8-13(9)15(16,17)18)20-14(21)11-5-6-19-10(2)7-11;/h3-4,8,10-11,19H,5-7H2,1-2H3,(H,20,21);1H/t10-,11-;/m0./s1. The predicted octanol–water partition coefficient (Wildman–Crippen LogP) is 3.76. The van der Waals surface area contributed by atoms with Crippen LogP contribution in [0.5, 0.6) is 0 Å². The highest BCUT2D eigenvalue weighted by Gasteiger charge is 2.33. The molecule has 0 bridgehead atoms. The molecule has 2 atom stereocenters. The fourth-order valence-electron chi connectivity index (χ4n) is 2.62. The summed E-state index contributed by atoms with van der Waals surface area (Å²) in [5.74, 6) is -0.364. The molecule has 0 aromatic heterocycles. The summed E-state index contributed by atoms with van der Waals surface area (Å²) in [5.41, 5.74) is -0.362. The summed E-state index contributed by atoms with van der Waals surface area (Å²) >= 11 is 0. The van der Waals surface area contributed by atoms with E-state index in [0.29, 0.717) is 12.8 Å². The van der Waals surface area contributed by atoms with Gasteiger partial charge in [-0.2, -0.15) is 13.2 Å². The second-order valence-electron chi connectivity index (χ2n) is 5.59. The first-order valence-corrected chi connectivity index (χ1v) is 6.99. The van der Waals surface area contributed by atoms with Crippen molar-refractivity contribution in [1.29, 1.82) is 0 Å². The van der Waals surface area contributed by atoms with Crippen LogP contribution in [0.15, 0.2) is 18.2 Å². The van der Waals surface area contributed by atoms with Crippen molar-refractivity contribution < 1.29 is 18.0 Å². The molecule has 124 valence electrons. The van der Waals surface area contributed by atoms with Crippen LogP contribution < -0.4 is 10.6 Å². The van der Waals surface area contributed by atoms with Gasteiger partial charge >= 0.3 is 6.18 Å². The zero-order chi connectivity index (χ0) is 15.6. The van der Waals surface area contributed by atoms with E-state index >= 15 is 0 Å². The molecule has 1 fully saturated rings. The summed E-state index contributed by atoms with van der Waals surface area (Å²) in [7, 11) is 0. The fraction of sp³-hybridized carbons (Fsp3) is 0.533. The van der Waals surface area contributed by atoms with Gasteiger partial charge in [0, 0.05) is 17.6 Å². The van der Waals surface area contributed by atoms with Gasteiger partial charge in [0.05, 0.1) is 5.56 Å². The lowest BCUT2D eigenvalue weighted by molar-refractivity contribution is -0.138. The molecular formula is C15H20ClF3N2O. The molecule has 1 aromatic carbocycles. The molecule has 1 amide bonds. The molecule has 0 saturated carbocycles. The molecule has 7 heteroatoms. The van der Waals surface area contributed by atoms with Gasteiger partial charge in [-0.1, -0.05) is 6.07 Å². The minimum Gasteiger partial charge on any atom is -0.326 e. The third-order valence-electron chi connectivity index (χ3n) is 3.80. The predicted molar refractivity (Wildman–Crippen MR) is 82.2 cm³/mol. The number of carbonyl (C=O) groups excluding carboxylic acids is 1. The van der Waals surface area contributed by atoms with Gasteiger partial charge in [-0.25, -0.2) is 0 Å². The SMILES string of the molecule is Cc1ccc(NC(=O)[C@H]2CCN[C@@H](C)C2)cc1C(F)(F)F.Cl. The average molecular weight is 337 g/mol. The number of alkyl halides is 3. The number of amides is 1. The van der Waals surface area contributed by atoms with E-state index in [1.807, 2.05) is 6.92 Å². The number of aryl methyl sites for hydroxylation is 1. The number of rotatable bonds is 2. The van der Waals surface area contributed by atoms with Crippen LogP contribution in [-0.2, 0) is 11.0 Å². The maximum atomic E-state index is 12.9. The van der Waals surface area contributed by atoms with Gasteiger partial charge in [-0.3, -0.25) is 4.79 Å². The van der Waals surface area contributed by atoms with Gasteiger partial charge in [0.25, 0.3) is 0 Å². The van der Waals surface area contributed by atoms with Crippen molar-refractivity contribution in [2.75, 3.05) is 11.9 Å². The Kier molecular flexibility index (Phi) is 6.26. The number of piperidine rings is 1. The highest BCUT2D eigenvalue weighted by atomic mass is 35.5. The molecule has 1 heterocycles. The number of carbonyl (C=O) groups is 1. The summed E-state index contributed by atoms with van der Waals surface area (Å²) in [6, 6.07) is 4.13. The highest BCUT2D eigenvalue weighted by molar-refractivity contribution is 5.92. The first kappa shape index (κ1) is 18.8. The number of hydrogen-bond donors (Lipinski definition) is 2. The molecule has 22 heavy (non-hydrogen) atoms. The maximum absolute atomic E-state index is 12.9. The highest BCUT2D eigenvalue weighted by Crippen LogP contribution is 2.33.